The Hall–Kier alpha value is -2.06. The normalized spacial score (nSPS) is 18.1. The van der Waals surface area contributed by atoms with E-state index in [1.54, 1.807) is 18.2 Å². The number of carbonyl (C=O) groups is 1. The molecule has 5 nitrogen and oxygen atoms in total. The molecule has 0 aromatic heterocycles. The van der Waals surface area contributed by atoms with Gasteiger partial charge in [0.2, 0.25) is 0 Å². The van der Waals surface area contributed by atoms with E-state index in [1.807, 2.05) is 6.07 Å². The standard InChI is InChI=1S/C13H14N2O3/c1-17-12-7-9(8-14)4-5-10(12)15-13(16)11-3-2-6-18-11/h4-5,7,11H,2-3,6H2,1H3,(H,15,16). The van der Waals surface area contributed by atoms with Crippen molar-refractivity contribution in [3.8, 4) is 11.8 Å². The zero-order chi connectivity index (χ0) is 13.0. The molecule has 0 spiro atoms. The molecule has 1 aliphatic heterocycles. The largest absolute Gasteiger partial charge is 0.495 e. The van der Waals surface area contributed by atoms with Crippen LogP contribution in [0.25, 0.3) is 0 Å². The van der Waals surface area contributed by atoms with Crippen molar-refractivity contribution in [1.82, 2.24) is 0 Å². The molecule has 1 heterocycles. The summed E-state index contributed by atoms with van der Waals surface area (Å²) < 4.78 is 10.4. The number of nitriles is 1. The molecule has 1 amide bonds. The van der Waals surface area contributed by atoms with Crippen molar-refractivity contribution in [3.05, 3.63) is 23.8 Å². The Kier molecular flexibility index (Phi) is 3.80. The van der Waals surface area contributed by atoms with Gasteiger partial charge in [-0.1, -0.05) is 0 Å². The smallest absolute Gasteiger partial charge is 0.253 e. The van der Waals surface area contributed by atoms with Crippen LogP contribution in [0.3, 0.4) is 0 Å². The van der Waals surface area contributed by atoms with E-state index in [1.165, 1.54) is 7.11 Å². The lowest BCUT2D eigenvalue weighted by Crippen LogP contribution is -2.27. The summed E-state index contributed by atoms with van der Waals surface area (Å²) in [5, 5.41) is 11.5. The molecule has 0 saturated carbocycles. The lowest BCUT2D eigenvalue weighted by atomic mass is 10.2. The molecule has 0 radical (unpaired) electrons. The molecule has 0 bridgehead atoms. The van der Waals surface area contributed by atoms with Crippen LogP contribution < -0.4 is 10.1 Å². The maximum atomic E-state index is 11.9. The van der Waals surface area contributed by atoms with Crippen molar-refractivity contribution in [3.63, 3.8) is 0 Å². The monoisotopic (exact) mass is 246 g/mol. The second-order valence-corrected chi connectivity index (χ2v) is 4.02. The third kappa shape index (κ3) is 2.60. The number of anilines is 1. The van der Waals surface area contributed by atoms with E-state index in [2.05, 4.69) is 5.32 Å². The Morgan fingerprint density at radius 1 is 1.61 bits per heavy atom. The van der Waals surface area contributed by atoms with Crippen molar-refractivity contribution in [1.29, 1.82) is 5.26 Å². The van der Waals surface area contributed by atoms with Crippen molar-refractivity contribution in [2.24, 2.45) is 0 Å². The van der Waals surface area contributed by atoms with Crippen molar-refractivity contribution >= 4 is 11.6 Å². The number of hydrogen-bond acceptors (Lipinski definition) is 4. The number of amides is 1. The number of rotatable bonds is 3. The van der Waals surface area contributed by atoms with Gasteiger partial charge in [-0.2, -0.15) is 5.26 Å². The van der Waals surface area contributed by atoms with Crippen LogP contribution in [0.1, 0.15) is 18.4 Å². The van der Waals surface area contributed by atoms with Gasteiger partial charge in [0.15, 0.2) is 0 Å². The van der Waals surface area contributed by atoms with E-state index in [9.17, 15) is 4.79 Å². The van der Waals surface area contributed by atoms with Gasteiger partial charge in [-0.15, -0.1) is 0 Å². The maximum absolute atomic E-state index is 11.9. The summed E-state index contributed by atoms with van der Waals surface area (Å²) in [6.45, 7) is 0.628. The lowest BCUT2D eigenvalue weighted by Gasteiger charge is -2.13. The van der Waals surface area contributed by atoms with Gasteiger partial charge in [0.1, 0.15) is 11.9 Å². The third-order valence-corrected chi connectivity index (χ3v) is 2.81. The first-order valence-electron chi connectivity index (χ1n) is 5.75. The summed E-state index contributed by atoms with van der Waals surface area (Å²) >= 11 is 0. The number of carbonyl (C=O) groups excluding carboxylic acids is 1. The van der Waals surface area contributed by atoms with Gasteiger partial charge < -0.3 is 14.8 Å². The Bertz CT molecular complexity index is 487. The van der Waals surface area contributed by atoms with E-state index in [-0.39, 0.29) is 12.0 Å². The summed E-state index contributed by atoms with van der Waals surface area (Å²) in [6, 6.07) is 6.90. The fourth-order valence-electron chi connectivity index (χ4n) is 1.86. The van der Waals surface area contributed by atoms with E-state index < -0.39 is 0 Å². The van der Waals surface area contributed by atoms with Gasteiger partial charge >= 0.3 is 0 Å². The summed E-state index contributed by atoms with van der Waals surface area (Å²) in [5.41, 5.74) is 1.04. The molecule has 5 heteroatoms. The highest BCUT2D eigenvalue weighted by atomic mass is 16.5. The van der Waals surface area contributed by atoms with E-state index in [4.69, 9.17) is 14.7 Å². The summed E-state index contributed by atoms with van der Waals surface area (Å²) in [6.07, 6.45) is 1.26. The molecule has 1 aromatic rings. The number of hydrogen-bond donors (Lipinski definition) is 1. The zero-order valence-corrected chi connectivity index (χ0v) is 10.1. The molecule has 1 saturated heterocycles. The first kappa shape index (κ1) is 12.4. The minimum absolute atomic E-state index is 0.171. The van der Waals surface area contributed by atoms with E-state index in [0.29, 0.717) is 23.6 Å². The number of methoxy groups -OCH3 is 1. The second kappa shape index (κ2) is 5.52. The van der Waals surface area contributed by atoms with Crippen LogP contribution in [0.2, 0.25) is 0 Å². The number of nitrogens with zero attached hydrogens (tertiary/aromatic N) is 1. The Balaban J connectivity index is 2.13. The Morgan fingerprint density at radius 2 is 2.44 bits per heavy atom. The SMILES string of the molecule is COc1cc(C#N)ccc1NC(=O)C1CCCO1. The topological polar surface area (TPSA) is 71.3 Å². The highest BCUT2D eigenvalue weighted by Crippen LogP contribution is 2.26. The summed E-state index contributed by atoms with van der Waals surface area (Å²) in [7, 11) is 1.50. The van der Waals surface area contributed by atoms with Crippen molar-refractivity contribution in [2.75, 3.05) is 19.0 Å². The van der Waals surface area contributed by atoms with Crippen molar-refractivity contribution in [2.45, 2.75) is 18.9 Å². The minimum atomic E-state index is -0.384. The summed E-state index contributed by atoms with van der Waals surface area (Å²) in [5.74, 6) is 0.302. The van der Waals surface area contributed by atoms with Crippen LogP contribution in [0.4, 0.5) is 5.69 Å². The van der Waals surface area contributed by atoms with Gasteiger partial charge in [0.05, 0.1) is 24.4 Å². The molecular weight excluding hydrogens is 232 g/mol. The van der Waals surface area contributed by atoms with Crippen LogP contribution in [0.15, 0.2) is 18.2 Å². The number of ether oxygens (including phenoxy) is 2. The van der Waals surface area contributed by atoms with E-state index in [0.717, 1.165) is 12.8 Å². The van der Waals surface area contributed by atoms with Gasteiger partial charge in [-0.3, -0.25) is 4.79 Å². The summed E-state index contributed by atoms with van der Waals surface area (Å²) in [4.78, 5) is 11.9. The Labute approximate surface area is 105 Å². The molecular formula is C13H14N2O3. The number of benzene rings is 1. The highest BCUT2D eigenvalue weighted by Gasteiger charge is 2.24. The van der Waals surface area contributed by atoms with E-state index >= 15 is 0 Å². The first-order chi connectivity index (χ1) is 8.74. The van der Waals surface area contributed by atoms with Crippen molar-refractivity contribution < 1.29 is 14.3 Å². The molecule has 2 rings (SSSR count). The molecule has 1 atom stereocenters. The molecule has 0 aliphatic carbocycles. The molecule has 1 aliphatic rings. The molecule has 1 unspecified atom stereocenters. The van der Waals surface area contributed by atoms with Crippen LogP contribution >= 0.6 is 0 Å². The fraction of sp³-hybridized carbons (Fsp3) is 0.385. The molecule has 18 heavy (non-hydrogen) atoms. The molecule has 1 aromatic carbocycles. The minimum Gasteiger partial charge on any atom is -0.495 e. The number of nitrogens with one attached hydrogen (secondary N) is 1. The average Bonchev–Trinajstić information content (AvgIpc) is 2.93. The third-order valence-electron chi connectivity index (χ3n) is 2.81. The van der Waals surface area contributed by atoms with Gasteiger partial charge in [0.25, 0.3) is 5.91 Å². The second-order valence-electron chi connectivity index (χ2n) is 4.02. The van der Waals surface area contributed by atoms with Gasteiger partial charge in [-0.25, -0.2) is 0 Å². The predicted octanol–water partition coefficient (Wildman–Crippen LogP) is 1.68. The Morgan fingerprint density at radius 3 is 3.06 bits per heavy atom. The predicted molar refractivity (Wildman–Crippen MR) is 65.3 cm³/mol. The molecule has 1 N–H and O–H groups in total. The lowest BCUT2D eigenvalue weighted by molar-refractivity contribution is -0.124. The molecule has 1 fully saturated rings. The zero-order valence-electron chi connectivity index (χ0n) is 10.1. The van der Waals surface area contributed by atoms with Gasteiger partial charge in [-0.05, 0) is 25.0 Å². The first-order valence-corrected chi connectivity index (χ1v) is 5.75. The van der Waals surface area contributed by atoms with Crippen LogP contribution in [0.5, 0.6) is 5.75 Å². The van der Waals surface area contributed by atoms with Crippen LogP contribution in [-0.4, -0.2) is 25.7 Å². The highest BCUT2D eigenvalue weighted by molar-refractivity contribution is 5.95. The molecule has 94 valence electrons. The van der Waals surface area contributed by atoms with Gasteiger partial charge in [0, 0.05) is 12.7 Å². The quantitative estimate of drug-likeness (QED) is 0.880. The maximum Gasteiger partial charge on any atom is 0.253 e. The average molecular weight is 246 g/mol. The van der Waals surface area contributed by atoms with Crippen LogP contribution in [-0.2, 0) is 9.53 Å². The van der Waals surface area contributed by atoms with Crippen LogP contribution in [0, 0.1) is 11.3 Å². The fourth-order valence-corrected chi connectivity index (χ4v) is 1.86.